The Labute approximate surface area is 203 Å². The van der Waals surface area contributed by atoms with Crippen LogP contribution in [0.15, 0.2) is 54.7 Å². The smallest absolute Gasteiger partial charge is 0.254 e. The normalized spacial score (nSPS) is 13.3. The van der Waals surface area contributed by atoms with Crippen LogP contribution in [0.1, 0.15) is 46.9 Å². The molecule has 0 saturated heterocycles. The van der Waals surface area contributed by atoms with E-state index in [4.69, 9.17) is 21.3 Å². The van der Waals surface area contributed by atoms with Gasteiger partial charge in [0.25, 0.3) is 5.91 Å². The van der Waals surface area contributed by atoms with Crippen molar-refractivity contribution in [3.63, 3.8) is 0 Å². The summed E-state index contributed by atoms with van der Waals surface area (Å²) >= 11 is 6.01. The quantitative estimate of drug-likeness (QED) is 0.328. The van der Waals surface area contributed by atoms with E-state index in [1.54, 1.807) is 21.8 Å². The van der Waals surface area contributed by atoms with Crippen molar-refractivity contribution in [1.82, 2.24) is 24.6 Å². The van der Waals surface area contributed by atoms with Crippen molar-refractivity contribution in [2.24, 2.45) is 0 Å². The van der Waals surface area contributed by atoms with Crippen LogP contribution < -0.4 is 4.74 Å². The highest BCUT2D eigenvalue weighted by molar-refractivity contribution is 6.30. The number of aromatic nitrogens is 4. The number of rotatable bonds is 8. The Morgan fingerprint density at radius 3 is 2.79 bits per heavy atom. The molecule has 4 aromatic rings. The topological polar surface area (TPSA) is 73.1 Å². The minimum absolute atomic E-state index is 0.0410. The Hall–Kier alpha value is -3.45. The van der Waals surface area contributed by atoms with E-state index in [0.29, 0.717) is 47.5 Å². The van der Waals surface area contributed by atoms with Gasteiger partial charge >= 0.3 is 0 Å². The summed E-state index contributed by atoms with van der Waals surface area (Å²) in [5.41, 5.74) is 3.04. The van der Waals surface area contributed by atoms with E-state index < -0.39 is 0 Å². The van der Waals surface area contributed by atoms with Gasteiger partial charge in [0.2, 0.25) is 0 Å². The number of hydrogen-bond donors (Lipinski definition) is 0. The van der Waals surface area contributed by atoms with Crippen molar-refractivity contribution in [3.05, 3.63) is 76.7 Å². The summed E-state index contributed by atoms with van der Waals surface area (Å²) < 4.78 is 7.51. The van der Waals surface area contributed by atoms with Crippen molar-refractivity contribution < 1.29 is 9.53 Å². The van der Waals surface area contributed by atoms with E-state index in [1.165, 1.54) is 0 Å². The molecule has 7 nitrogen and oxygen atoms in total. The lowest BCUT2D eigenvalue weighted by Gasteiger charge is -2.18. The fraction of sp³-hybridized carbons (Fsp3) is 0.308. The minimum atomic E-state index is -0.0410. The van der Waals surface area contributed by atoms with Crippen LogP contribution in [0.2, 0.25) is 5.02 Å². The zero-order chi connectivity index (χ0) is 23.7. The van der Waals surface area contributed by atoms with E-state index in [2.05, 4.69) is 10.1 Å². The Morgan fingerprint density at radius 1 is 1.21 bits per heavy atom. The summed E-state index contributed by atoms with van der Waals surface area (Å²) in [5, 5.41) is 6.11. The van der Waals surface area contributed by atoms with E-state index in [1.807, 2.05) is 56.4 Å². The highest BCUT2D eigenvalue weighted by Gasteiger charge is 2.29. The molecule has 0 atom stereocenters. The molecule has 174 valence electrons. The van der Waals surface area contributed by atoms with E-state index in [-0.39, 0.29) is 5.91 Å². The second-order valence-corrected chi connectivity index (χ2v) is 9.08. The minimum Gasteiger partial charge on any atom is -0.493 e. The van der Waals surface area contributed by atoms with Crippen molar-refractivity contribution >= 4 is 28.5 Å². The lowest BCUT2D eigenvalue weighted by atomic mass is 10.1. The summed E-state index contributed by atoms with van der Waals surface area (Å²) in [6.45, 7) is 2.97. The van der Waals surface area contributed by atoms with Gasteiger partial charge in [0.05, 0.1) is 23.3 Å². The molecule has 0 aliphatic heterocycles. The molecule has 8 heteroatoms. The fourth-order valence-corrected chi connectivity index (χ4v) is 4.24. The van der Waals surface area contributed by atoms with Gasteiger partial charge in [-0.15, -0.1) is 0 Å². The van der Waals surface area contributed by atoms with Gasteiger partial charge in [-0.3, -0.25) is 4.79 Å². The second-order valence-electron chi connectivity index (χ2n) is 8.64. The van der Waals surface area contributed by atoms with Crippen LogP contribution in [0.3, 0.4) is 0 Å². The van der Waals surface area contributed by atoms with Gasteiger partial charge in [0, 0.05) is 36.4 Å². The van der Waals surface area contributed by atoms with Crippen LogP contribution in [0.25, 0.3) is 16.9 Å². The molecule has 34 heavy (non-hydrogen) atoms. The number of aryl methyl sites for hydroxylation is 1. The third kappa shape index (κ3) is 4.61. The molecule has 0 radical (unpaired) electrons. The summed E-state index contributed by atoms with van der Waals surface area (Å²) in [6, 6.07) is 15.0. The van der Waals surface area contributed by atoms with Gasteiger partial charge in [-0.25, -0.2) is 9.97 Å². The molecule has 1 saturated carbocycles. The maximum Gasteiger partial charge on any atom is 0.254 e. The number of nitrogens with zero attached hydrogens (tertiary/aromatic N) is 5. The average Bonchev–Trinajstić information content (AvgIpc) is 3.65. The molecular weight excluding hydrogens is 450 g/mol. The average molecular weight is 476 g/mol. The van der Waals surface area contributed by atoms with Gasteiger partial charge in [-0.1, -0.05) is 23.7 Å². The van der Waals surface area contributed by atoms with E-state index >= 15 is 0 Å². The summed E-state index contributed by atoms with van der Waals surface area (Å²) in [5.74, 6) is 1.77. The maximum absolute atomic E-state index is 13.5. The SMILES string of the molecule is Cc1nn(-c2ccccn2)c2nc(C3CC3)cc(C(=O)N(C)CCCOc3cccc(Cl)c3)c12. The monoisotopic (exact) mass is 475 g/mol. The predicted octanol–water partition coefficient (Wildman–Crippen LogP) is 5.20. The summed E-state index contributed by atoms with van der Waals surface area (Å²) in [6.07, 6.45) is 4.62. The Kier molecular flexibility index (Phi) is 6.20. The van der Waals surface area contributed by atoms with Gasteiger partial charge in [0.15, 0.2) is 11.5 Å². The molecule has 5 rings (SSSR count). The van der Waals surface area contributed by atoms with Crippen LogP contribution in [0.5, 0.6) is 5.75 Å². The second kappa shape index (κ2) is 9.43. The highest BCUT2D eigenvalue weighted by Crippen LogP contribution is 2.40. The first kappa shape index (κ1) is 22.3. The van der Waals surface area contributed by atoms with Crippen LogP contribution in [-0.2, 0) is 0 Å². The van der Waals surface area contributed by atoms with E-state index in [9.17, 15) is 4.79 Å². The number of carbonyl (C=O) groups is 1. The number of carbonyl (C=O) groups excluding carboxylic acids is 1. The summed E-state index contributed by atoms with van der Waals surface area (Å²) in [7, 11) is 1.82. The third-order valence-corrected chi connectivity index (χ3v) is 6.21. The van der Waals surface area contributed by atoms with Gasteiger partial charge in [-0.05, 0) is 62.6 Å². The number of benzene rings is 1. The molecule has 0 spiro atoms. The molecule has 0 bridgehead atoms. The Bertz CT molecular complexity index is 1330. The number of amides is 1. The first-order chi connectivity index (χ1) is 16.5. The first-order valence-electron chi connectivity index (χ1n) is 11.5. The highest BCUT2D eigenvalue weighted by atomic mass is 35.5. The largest absolute Gasteiger partial charge is 0.493 e. The molecule has 3 aromatic heterocycles. The van der Waals surface area contributed by atoms with E-state index in [0.717, 1.165) is 35.4 Å². The number of halogens is 1. The lowest BCUT2D eigenvalue weighted by molar-refractivity contribution is 0.0789. The molecule has 1 aromatic carbocycles. The molecule has 3 heterocycles. The van der Waals surface area contributed by atoms with Crippen molar-refractivity contribution in [2.45, 2.75) is 32.1 Å². The first-order valence-corrected chi connectivity index (χ1v) is 11.8. The lowest BCUT2D eigenvalue weighted by Crippen LogP contribution is -2.29. The molecule has 1 fully saturated rings. The Morgan fingerprint density at radius 2 is 2.06 bits per heavy atom. The van der Waals surface area contributed by atoms with Gasteiger partial charge in [-0.2, -0.15) is 9.78 Å². The van der Waals surface area contributed by atoms with Crippen LogP contribution >= 0.6 is 11.6 Å². The number of pyridine rings is 2. The molecule has 0 N–H and O–H groups in total. The zero-order valence-corrected chi connectivity index (χ0v) is 20.0. The van der Waals surface area contributed by atoms with Crippen LogP contribution in [0, 0.1) is 6.92 Å². The fourth-order valence-electron chi connectivity index (χ4n) is 4.06. The maximum atomic E-state index is 13.5. The molecule has 1 aliphatic carbocycles. The Balaban J connectivity index is 1.38. The molecular formula is C26H26ClN5O2. The predicted molar refractivity (Wildman–Crippen MR) is 132 cm³/mol. The van der Waals surface area contributed by atoms with Gasteiger partial charge < -0.3 is 9.64 Å². The third-order valence-electron chi connectivity index (χ3n) is 5.97. The standard InChI is InChI=1S/C26H26ClN5O2/c1-17-24-21(26(33)31(2)13-6-14-34-20-8-5-7-19(27)15-20)16-22(18-10-11-18)29-25(24)32(30-17)23-9-3-4-12-28-23/h3-5,7-9,12,15-16,18H,6,10-11,13-14H2,1-2H3. The molecule has 1 aliphatic rings. The van der Waals surface area contributed by atoms with Gasteiger partial charge in [0.1, 0.15) is 5.75 Å². The van der Waals surface area contributed by atoms with Crippen LogP contribution in [0.4, 0.5) is 0 Å². The number of hydrogen-bond acceptors (Lipinski definition) is 5. The zero-order valence-electron chi connectivity index (χ0n) is 19.2. The van der Waals surface area contributed by atoms with Crippen molar-refractivity contribution in [3.8, 4) is 11.6 Å². The van der Waals surface area contributed by atoms with Crippen molar-refractivity contribution in [2.75, 3.05) is 20.2 Å². The molecule has 1 amide bonds. The summed E-state index contributed by atoms with van der Waals surface area (Å²) in [4.78, 5) is 24.6. The van der Waals surface area contributed by atoms with Crippen LogP contribution in [-0.4, -0.2) is 50.8 Å². The number of fused-ring (bicyclic) bond motifs is 1. The number of ether oxygens (including phenoxy) is 1. The molecule has 0 unspecified atom stereocenters. The van der Waals surface area contributed by atoms with Crippen molar-refractivity contribution in [1.29, 1.82) is 0 Å².